The van der Waals surface area contributed by atoms with Crippen LogP contribution in [0.1, 0.15) is 38.5 Å². The molecule has 0 aliphatic carbocycles. The normalized spacial score (nSPS) is 24.4. The van der Waals surface area contributed by atoms with Gasteiger partial charge in [0, 0.05) is 32.5 Å². The number of nitrogens with zero attached hydrogens (tertiary/aromatic N) is 1. The molecule has 0 radical (unpaired) electrons. The third-order valence-electron chi connectivity index (χ3n) is 4.63. The summed E-state index contributed by atoms with van der Waals surface area (Å²) in [7, 11) is 1.68. The maximum Gasteiger partial charge on any atom is 0.222 e. The van der Waals surface area contributed by atoms with Crippen LogP contribution < -0.4 is 10.6 Å². The minimum absolute atomic E-state index is 0.0894. The largest absolute Gasteiger partial charge is 0.359 e. The summed E-state index contributed by atoms with van der Waals surface area (Å²) in [6.07, 6.45) is 5.75. The Morgan fingerprint density at radius 2 is 2.00 bits per heavy atom. The lowest BCUT2D eigenvalue weighted by molar-refractivity contribution is -0.135. The van der Waals surface area contributed by atoms with Gasteiger partial charge in [-0.1, -0.05) is 0 Å². The van der Waals surface area contributed by atoms with Crippen molar-refractivity contribution in [1.29, 1.82) is 0 Å². The van der Waals surface area contributed by atoms with Gasteiger partial charge in [0.1, 0.15) is 0 Å². The Hall–Kier alpha value is -1.10. The Morgan fingerprint density at radius 1 is 1.25 bits per heavy atom. The second-order valence-electron chi connectivity index (χ2n) is 6.02. The summed E-state index contributed by atoms with van der Waals surface area (Å²) in [6.45, 7) is 3.66. The zero-order valence-corrected chi connectivity index (χ0v) is 12.5. The Bertz CT molecular complexity index is 332. The first-order valence-electron chi connectivity index (χ1n) is 7.90. The molecule has 0 bridgehead atoms. The topological polar surface area (TPSA) is 61.4 Å². The smallest absolute Gasteiger partial charge is 0.222 e. The van der Waals surface area contributed by atoms with Crippen molar-refractivity contribution in [2.45, 2.75) is 38.5 Å². The molecule has 1 unspecified atom stereocenters. The zero-order chi connectivity index (χ0) is 14.4. The summed E-state index contributed by atoms with van der Waals surface area (Å²) < 4.78 is 0. The fourth-order valence-electron chi connectivity index (χ4n) is 3.25. The van der Waals surface area contributed by atoms with E-state index in [1.54, 1.807) is 7.05 Å². The fourth-order valence-corrected chi connectivity index (χ4v) is 3.25. The number of nitrogens with one attached hydrogen (secondary N) is 2. The van der Waals surface area contributed by atoms with Crippen molar-refractivity contribution < 1.29 is 9.59 Å². The van der Waals surface area contributed by atoms with Crippen molar-refractivity contribution in [3.05, 3.63) is 0 Å². The minimum atomic E-state index is 0.0894. The van der Waals surface area contributed by atoms with Crippen molar-refractivity contribution in [1.82, 2.24) is 15.5 Å². The predicted molar refractivity (Wildman–Crippen MR) is 78.2 cm³/mol. The average Bonchev–Trinajstić information content (AvgIpc) is 2.53. The van der Waals surface area contributed by atoms with Gasteiger partial charge in [0.15, 0.2) is 0 Å². The molecule has 0 saturated carbocycles. The maximum atomic E-state index is 12.2. The zero-order valence-electron chi connectivity index (χ0n) is 12.5. The van der Waals surface area contributed by atoms with E-state index in [1.807, 2.05) is 4.90 Å². The number of carbonyl (C=O) groups is 2. The highest BCUT2D eigenvalue weighted by molar-refractivity contribution is 5.79. The fraction of sp³-hybridized carbons (Fsp3) is 0.867. The van der Waals surface area contributed by atoms with Gasteiger partial charge >= 0.3 is 0 Å². The van der Waals surface area contributed by atoms with E-state index in [0.29, 0.717) is 12.3 Å². The molecular weight excluding hydrogens is 254 g/mol. The lowest BCUT2D eigenvalue weighted by Gasteiger charge is -2.32. The van der Waals surface area contributed by atoms with Gasteiger partial charge in [-0.25, -0.2) is 0 Å². The number of hydrogen-bond donors (Lipinski definition) is 2. The van der Waals surface area contributed by atoms with Crippen molar-refractivity contribution in [2.24, 2.45) is 11.8 Å². The van der Waals surface area contributed by atoms with Crippen LogP contribution in [0.15, 0.2) is 0 Å². The molecule has 2 aliphatic rings. The minimum Gasteiger partial charge on any atom is -0.359 e. The second-order valence-corrected chi connectivity index (χ2v) is 6.02. The third kappa shape index (κ3) is 4.20. The Kier molecular flexibility index (Phi) is 5.83. The summed E-state index contributed by atoms with van der Waals surface area (Å²) in [4.78, 5) is 25.7. The van der Waals surface area contributed by atoms with Gasteiger partial charge in [0.05, 0.1) is 0 Å². The first-order chi connectivity index (χ1) is 9.70. The molecule has 5 heteroatoms. The predicted octanol–water partition coefficient (Wildman–Crippen LogP) is 0.751. The molecule has 0 spiro atoms. The molecule has 0 aromatic heterocycles. The van der Waals surface area contributed by atoms with Crippen LogP contribution in [0.3, 0.4) is 0 Å². The number of hydrogen-bond acceptors (Lipinski definition) is 3. The van der Waals surface area contributed by atoms with Crippen LogP contribution in [0.5, 0.6) is 0 Å². The molecule has 0 aromatic carbocycles. The van der Waals surface area contributed by atoms with Crippen LogP contribution in [0.4, 0.5) is 0 Å². The lowest BCUT2D eigenvalue weighted by Crippen LogP contribution is -2.42. The Morgan fingerprint density at radius 3 is 2.60 bits per heavy atom. The molecule has 2 fully saturated rings. The molecule has 5 nitrogen and oxygen atoms in total. The SMILES string of the molecule is CNC(=O)C1CCN(C(=O)CCC2CCCNC2)CC1. The van der Waals surface area contributed by atoms with E-state index >= 15 is 0 Å². The highest BCUT2D eigenvalue weighted by Crippen LogP contribution is 2.20. The van der Waals surface area contributed by atoms with Gasteiger partial charge in [-0.05, 0) is 51.1 Å². The van der Waals surface area contributed by atoms with Gasteiger partial charge in [-0.3, -0.25) is 9.59 Å². The van der Waals surface area contributed by atoms with Crippen molar-refractivity contribution in [3.8, 4) is 0 Å². The van der Waals surface area contributed by atoms with E-state index in [1.165, 1.54) is 12.8 Å². The highest BCUT2D eigenvalue weighted by atomic mass is 16.2. The molecule has 20 heavy (non-hydrogen) atoms. The van der Waals surface area contributed by atoms with Crippen LogP contribution in [-0.4, -0.2) is 49.9 Å². The molecule has 1 atom stereocenters. The molecule has 2 saturated heterocycles. The first kappa shape index (κ1) is 15.3. The molecule has 2 amide bonds. The monoisotopic (exact) mass is 281 g/mol. The van der Waals surface area contributed by atoms with Crippen molar-refractivity contribution in [3.63, 3.8) is 0 Å². The van der Waals surface area contributed by atoms with Crippen LogP contribution in [0.25, 0.3) is 0 Å². The molecule has 2 heterocycles. The average molecular weight is 281 g/mol. The molecular formula is C15H27N3O2. The summed E-state index contributed by atoms with van der Waals surface area (Å²) in [5, 5.41) is 6.09. The summed E-state index contributed by atoms with van der Waals surface area (Å²) in [5.74, 6) is 1.14. The van der Waals surface area contributed by atoms with E-state index in [2.05, 4.69) is 10.6 Å². The lowest BCUT2D eigenvalue weighted by atomic mass is 9.93. The van der Waals surface area contributed by atoms with Gasteiger partial charge in [-0.15, -0.1) is 0 Å². The number of amides is 2. The van der Waals surface area contributed by atoms with Crippen LogP contribution in [-0.2, 0) is 9.59 Å². The van der Waals surface area contributed by atoms with E-state index in [4.69, 9.17) is 0 Å². The second kappa shape index (κ2) is 7.62. The van der Waals surface area contributed by atoms with Crippen LogP contribution in [0.2, 0.25) is 0 Å². The third-order valence-corrected chi connectivity index (χ3v) is 4.63. The first-order valence-corrected chi connectivity index (χ1v) is 7.90. The van der Waals surface area contributed by atoms with E-state index in [0.717, 1.165) is 45.4 Å². The number of carbonyl (C=O) groups excluding carboxylic acids is 2. The Balaban J connectivity index is 1.67. The molecule has 114 valence electrons. The van der Waals surface area contributed by atoms with Crippen LogP contribution in [0, 0.1) is 11.8 Å². The highest BCUT2D eigenvalue weighted by Gasteiger charge is 2.26. The van der Waals surface area contributed by atoms with Gasteiger partial charge in [0.2, 0.25) is 11.8 Å². The summed E-state index contributed by atoms with van der Waals surface area (Å²) in [6, 6.07) is 0. The molecule has 2 N–H and O–H groups in total. The molecule has 2 aliphatic heterocycles. The standard InChI is InChI=1S/C15H27N3O2/c1-16-15(20)13-6-9-18(10-7-13)14(19)5-4-12-3-2-8-17-11-12/h12-13,17H,2-11H2,1H3,(H,16,20). The molecule has 0 aromatic rings. The van der Waals surface area contributed by atoms with Gasteiger partial charge in [0.25, 0.3) is 0 Å². The number of piperidine rings is 2. The Labute approximate surface area is 121 Å². The summed E-state index contributed by atoms with van der Waals surface area (Å²) >= 11 is 0. The van der Waals surface area contributed by atoms with Crippen molar-refractivity contribution >= 4 is 11.8 Å². The van der Waals surface area contributed by atoms with Crippen LogP contribution >= 0.6 is 0 Å². The summed E-state index contributed by atoms with van der Waals surface area (Å²) in [5.41, 5.74) is 0. The van der Waals surface area contributed by atoms with Gasteiger partial charge < -0.3 is 15.5 Å². The molecule has 2 rings (SSSR count). The maximum absolute atomic E-state index is 12.2. The van der Waals surface area contributed by atoms with E-state index in [-0.39, 0.29) is 17.7 Å². The quantitative estimate of drug-likeness (QED) is 0.799. The van der Waals surface area contributed by atoms with Gasteiger partial charge in [-0.2, -0.15) is 0 Å². The van der Waals surface area contributed by atoms with Crippen molar-refractivity contribution in [2.75, 3.05) is 33.2 Å². The number of rotatable bonds is 4. The van der Waals surface area contributed by atoms with E-state index in [9.17, 15) is 9.59 Å². The number of likely N-dealkylation sites (tertiary alicyclic amines) is 1. The van der Waals surface area contributed by atoms with E-state index < -0.39 is 0 Å².